The van der Waals surface area contributed by atoms with Gasteiger partial charge in [0, 0.05) is 25.3 Å². The number of hydrogen-bond donors (Lipinski definition) is 1. The summed E-state index contributed by atoms with van der Waals surface area (Å²) in [5.41, 5.74) is 3.06. The highest BCUT2D eigenvalue weighted by Crippen LogP contribution is 2.24. The molecule has 0 radical (unpaired) electrons. The Morgan fingerprint density at radius 1 is 1.40 bits per heavy atom. The predicted molar refractivity (Wildman–Crippen MR) is 78.5 cm³/mol. The van der Waals surface area contributed by atoms with E-state index in [1.807, 2.05) is 44.2 Å². The van der Waals surface area contributed by atoms with Gasteiger partial charge in [-0.15, -0.1) is 0 Å². The van der Waals surface area contributed by atoms with Crippen molar-refractivity contribution >= 4 is 11.7 Å². The predicted octanol–water partition coefficient (Wildman–Crippen LogP) is 2.37. The zero-order valence-electron chi connectivity index (χ0n) is 12.0. The first-order chi connectivity index (χ1) is 9.61. The molecule has 0 bridgehead atoms. The number of rotatable bonds is 5. The number of carbonyl (C=O) groups is 1. The second kappa shape index (κ2) is 6.34. The molecule has 0 atom stereocenters. The molecule has 1 heterocycles. The van der Waals surface area contributed by atoms with E-state index in [9.17, 15) is 4.79 Å². The van der Waals surface area contributed by atoms with Crippen LogP contribution in [0.3, 0.4) is 0 Å². The third-order valence-electron chi connectivity index (χ3n) is 3.01. The minimum Gasteiger partial charge on any atom is -0.372 e. The third-order valence-corrected chi connectivity index (χ3v) is 3.01. The summed E-state index contributed by atoms with van der Waals surface area (Å²) >= 11 is 0. The molecule has 0 unspecified atom stereocenters. The van der Waals surface area contributed by atoms with Crippen LogP contribution in [-0.4, -0.2) is 28.9 Å². The van der Waals surface area contributed by atoms with Gasteiger partial charge >= 0.3 is 0 Å². The van der Waals surface area contributed by atoms with Crippen molar-refractivity contribution in [1.29, 1.82) is 0 Å². The molecule has 0 aliphatic heterocycles. The fraction of sp³-hybridized carbons (Fsp3) is 0.333. The fourth-order valence-electron chi connectivity index (χ4n) is 1.95. The fourth-order valence-corrected chi connectivity index (χ4v) is 1.95. The Labute approximate surface area is 118 Å². The monoisotopic (exact) mass is 273 g/mol. The molecule has 1 aromatic heterocycles. The summed E-state index contributed by atoms with van der Waals surface area (Å²) in [5, 5.41) is 7.23. The maximum absolute atomic E-state index is 11.7. The Morgan fingerprint density at radius 3 is 2.85 bits per heavy atom. The van der Waals surface area contributed by atoms with E-state index < -0.39 is 0 Å². The molecule has 20 heavy (non-hydrogen) atoms. The summed E-state index contributed by atoms with van der Waals surface area (Å²) < 4.78 is 6.73. The second-order valence-corrected chi connectivity index (χ2v) is 4.54. The molecular formula is C15H19N3O2. The van der Waals surface area contributed by atoms with Crippen LogP contribution in [0.1, 0.15) is 12.5 Å². The van der Waals surface area contributed by atoms with E-state index in [0.29, 0.717) is 12.4 Å². The van der Waals surface area contributed by atoms with E-state index in [-0.39, 0.29) is 12.5 Å². The zero-order chi connectivity index (χ0) is 14.5. The maximum Gasteiger partial charge on any atom is 0.251 e. The minimum atomic E-state index is -0.175. The lowest BCUT2D eigenvalue weighted by Crippen LogP contribution is -2.19. The van der Waals surface area contributed by atoms with Crippen LogP contribution in [0, 0.1) is 6.92 Å². The van der Waals surface area contributed by atoms with Gasteiger partial charge in [-0.3, -0.25) is 9.48 Å². The van der Waals surface area contributed by atoms with Crippen molar-refractivity contribution in [2.75, 3.05) is 18.5 Å². The number of aryl methyl sites for hydroxylation is 2. The lowest BCUT2D eigenvalue weighted by molar-refractivity contribution is -0.120. The van der Waals surface area contributed by atoms with Gasteiger partial charge in [-0.2, -0.15) is 5.10 Å². The Bertz CT molecular complexity index is 605. The van der Waals surface area contributed by atoms with Crippen molar-refractivity contribution in [2.24, 2.45) is 7.05 Å². The number of nitrogens with zero attached hydrogens (tertiary/aromatic N) is 2. The van der Waals surface area contributed by atoms with Gasteiger partial charge in [-0.05, 0) is 19.4 Å². The largest absolute Gasteiger partial charge is 0.372 e. The molecule has 1 N–H and O–H groups in total. The molecule has 2 aromatic rings. The SMILES string of the molecule is CCOCC(=O)Nc1cc(-c2ccccc2C)nn1C. The third kappa shape index (κ3) is 3.24. The number of ether oxygens (including phenoxy) is 1. The van der Waals surface area contributed by atoms with Crippen LogP contribution in [0.15, 0.2) is 30.3 Å². The molecule has 0 saturated carbocycles. The smallest absolute Gasteiger partial charge is 0.251 e. The first kappa shape index (κ1) is 14.3. The van der Waals surface area contributed by atoms with E-state index in [4.69, 9.17) is 4.74 Å². The minimum absolute atomic E-state index is 0.0569. The van der Waals surface area contributed by atoms with E-state index in [1.54, 1.807) is 11.7 Å². The Hall–Kier alpha value is -2.14. The van der Waals surface area contributed by atoms with Crippen LogP contribution in [0.25, 0.3) is 11.3 Å². The van der Waals surface area contributed by atoms with Gasteiger partial charge in [0.15, 0.2) is 0 Å². The highest BCUT2D eigenvalue weighted by atomic mass is 16.5. The summed E-state index contributed by atoms with van der Waals surface area (Å²) in [7, 11) is 1.80. The molecule has 1 aromatic carbocycles. The number of benzene rings is 1. The van der Waals surface area contributed by atoms with Gasteiger partial charge in [-0.1, -0.05) is 24.3 Å². The quantitative estimate of drug-likeness (QED) is 0.910. The van der Waals surface area contributed by atoms with Crippen LogP contribution in [0.5, 0.6) is 0 Å². The standard InChI is InChI=1S/C15H19N3O2/c1-4-20-10-15(19)16-14-9-13(17-18(14)3)12-8-6-5-7-11(12)2/h5-9H,4,10H2,1-3H3,(H,16,19). The summed E-state index contributed by atoms with van der Waals surface area (Å²) in [6.45, 7) is 4.47. The number of carbonyl (C=O) groups excluding carboxylic acids is 1. The second-order valence-electron chi connectivity index (χ2n) is 4.54. The summed E-state index contributed by atoms with van der Waals surface area (Å²) in [4.78, 5) is 11.7. The van der Waals surface area contributed by atoms with Crippen LogP contribution >= 0.6 is 0 Å². The molecule has 106 valence electrons. The van der Waals surface area contributed by atoms with Gasteiger partial charge in [0.05, 0.1) is 5.69 Å². The first-order valence-electron chi connectivity index (χ1n) is 6.59. The molecule has 0 saturated heterocycles. The van der Waals surface area contributed by atoms with Gasteiger partial charge in [0.25, 0.3) is 5.91 Å². The van der Waals surface area contributed by atoms with E-state index >= 15 is 0 Å². The molecular weight excluding hydrogens is 254 g/mol. The van der Waals surface area contributed by atoms with Crippen LogP contribution in [0.2, 0.25) is 0 Å². The van der Waals surface area contributed by atoms with Crippen LogP contribution in [-0.2, 0) is 16.6 Å². The molecule has 5 nitrogen and oxygen atoms in total. The zero-order valence-corrected chi connectivity index (χ0v) is 12.0. The number of aromatic nitrogens is 2. The lowest BCUT2D eigenvalue weighted by Gasteiger charge is -2.04. The molecule has 0 aliphatic rings. The van der Waals surface area contributed by atoms with E-state index in [2.05, 4.69) is 10.4 Å². The molecule has 0 fully saturated rings. The van der Waals surface area contributed by atoms with Crippen molar-refractivity contribution in [3.05, 3.63) is 35.9 Å². The highest BCUT2D eigenvalue weighted by molar-refractivity contribution is 5.91. The van der Waals surface area contributed by atoms with Crippen LogP contribution in [0.4, 0.5) is 5.82 Å². The van der Waals surface area contributed by atoms with Gasteiger partial charge in [-0.25, -0.2) is 0 Å². The van der Waals surface area contributed by atoms with Crippen molar-refractivity contribution in [3.8, 4) is 11.3 Å². The van der Waals surface area contributed by atoms with Crippen LogP contribution < -0.4 is 5.32 Å². The molecule has 0 spiro atoms. The number of anilines is 1. The average molecular weight is 273 g/mol. The molecule has 2 rings (SSSR count). The maximum atomic E-state index is 11.7. The summed E-state index contributed by atoms with van der Waals surface area (Å²) in [6, 6.07) is 9.89. The lowest BCUT2D eigenvalue weighted by atomic mass is 10.1. The highest BCUT2D eigenvalue weighted by Gasteiger charge is 2.11. The topological polar surface area (TPSA) is 56.1 Å². The number of amides is 1. The molecule has 1 amide bonds. The van der Waals surface area contributed by atoms with Gasteiger partial charge in [0.1, 0.15) is 12.4 Å². The van der Waals surface area contributed by atoms with Gasteiger partial charge < -0.3 is 10.1 Å². The molecule has 5 heteroatoms. The summed E-state index contributed by atoms with van der Waals surface area (Å²) in [6.07, 6.45) is 0. The van der Waals surface area contributed by atoms with Crippen molar-refractivity contribution in [2.45, 2.75) is 13.8 Å². The first-order valence-corrected chi connectivity index (χ1v) is 6.59. The average Bonchev–Trinajstić information content (AvgIpc) is 2.78. The van der Waals surface area contributed by atoms with E-state index in [1.165, 1.54) is 0 Å². The Morgan fingerprint density at radius 2 is 2.15 bits per heavy atom. The Balaban J connectivity index is 2.18. The van der Waals surface area contributed by atoms with Gasteiger partial charge in [0.2, 0.25) is 0 Å². The normalized spacial score (nSPS) is 10.6. The van der Waals surface area contributed by atoms with Crippen molar-refractivity contribution in [3.63, 3.8) is 0 Å². The van der Waals surface area contributed by atoms with Crippen molar-refractivity contribution < 1.29 is 9.53 Å². The Kier molecular flexibility index (Phi) is 4.53. The molecule has 0 aliphatic carbocycles. The number of nitrogens with one attached hydrogen (secondary N) is 1. The number of hydrogen-bond acceptors (Lipinski definition) is 3. The van der Waals surface area contributed by atoms with Crippen molar-refractivity contribution in [1.82, 2.24) is 9.78 Å². The summed E-state index contributed by atoms with van der Waals surface area (Å²) in [5.74, 6) is 0.485. The van der Waals surface area contributed by atoms with E-state index in [0.717, 1.165) is 16.8 Å².